The van der Waals surface area contributed by atoms with Gasteiger partial charge in [-0.1, -0.05) is 160 Å². The minimum Gasteiger partial charge on any atom is -0.495 e. The Balaban J connectivity index is 0.00000518. The second kappa shape index (κ2) is 16.7. The van der Waals surface area contributed by atoms with Crippen molar-refractivity contribution < 1.29 is 34.6 Å². The van der Waals surface area contributed by atoms with Crippen LogP contribution in [0.15, 0.2) is 143 Å². The molecule has 4 aromatic heterocycles. The average Bonchev–Trinajstić information content (AvgIpc) is 3.87. The monoisotopic (exact) mass is 1020 g/mol. The van der Waals surface area contributed by atoms with E-state index in [0.29, 0.717) is 34.1 Å². The van der Waals surface area contributed by atoms with Crippen molar-refractivity contribution in [3.05, 3.63) is 168 Å². The van der Waals surface area contributed by atoms with Crippen molar-refractivity contribution in [3.63, 3.8) is 0 Å². The number of aryl methyl sites for hydroxylation is 2. The van der Waals surface area contributed by atoms with E-state index in [1.165, 1.54) is 22.3 Å². The van der Waals surface area contributed by atoms with Gasteiger partial charge in [-0.25, -0.2) is 0 Å². The first-order valence-electron chi connectivity index (χ1n) is 21.8. The van der Waals surface area contributed by atoms with Crippen LogP contribution in [0, 0.1) is 36.8 Å². The Bertz CT molecular complexity index is 3150. The third kappa shape index (κ3) is 8.54. The number of rotatable bonds is 8. The third-order valence-corrected chi connectivity index (χ3v) is 11.7. The first kappa shape index (κ1) is 43.0. The Kier molecular flexibility index (Phi) is 11.2. The summed E-state index contributed by atoms with van der Waals surface area (Å²) >= 11 is 0. The Labute approximate surface area is 389 Å². The van der Waals surface area contributed by atoms with Gasteiger partial charge in [0.15, 0.2) is 0 Å². The molecule has 0 radical (unpaired) electrons. The molecular formula is C58H50N2O3Pt. The molecule has 0 aliphatic heterocycles. The number of benzene rings is 6. The van der Waals surface area contributed by atoms with Gasteiger partial charge in [0.05, 0.1) is 11.5 Å². The van der Waals surface area contributed by atoms with Crippen LogP contribution in [0.3, 0.4) is 0 Å². The van der Waals surface area contributed by atoms with Crippen molar-refractivity contribution in [2.24, 2.45) is 10.8 Å². The van der Waals surface area contributed by atoms with Crippen molar-refractivity contribution in [1.29, 1.82) is 0 Å². The van der Waals surface area contributed by atoms with Crippen molar-refractivity contribution in [2.45, 2.75) is 68.2 Å². The van der Waals surface area contributed by atoms with Gasteiger partial charge in [-0.3, -0.25) is 0 Å². The number of hydrogen-bond donors (Lipinski definition) is 0. The first-order valence-corrected chi connectivity index (χ1v) is 21.8. The van der Waals surface area contributed by atoms with Crippen LogP contribution in [0.1, 0.15) is 63.8 Å². The number of aromatic nitrogens is 2. The fourth-order valence-corrected chi connectivity index (χ4v) is 8.97. The summed E-state index contributed by atoms with van der Waals surface area (Å²) in [5, 5.41) is 5.77. The van der Waals surface area contributed by atoms with Gasteiger partial charge in [0.25, 0.3) is 0 Å². The smallest absolute Gasteiger partial charge is 0.495 e. The van der Waals surface area contributed by atoms with Crippen molar-refractivity contribution in [3.8, 4) is 56.7 Å². The average molecular weight is 1020 g/mol. The molecule has 6 aromatic carbocycles. The van der Waals surface area contributed by atoms with Crippen LogP contribution in [-0.2, 0) is 33.9 Å². The van der Waals surface area contributed by atoms with Gasteiger partial charge in [-0.2, -0.15) is 0 Å². The van der Waals surface area contributed by atoms with Crippen molar-refractivity contribution in [1.82, 2.24) is 9.97 Å². The second-order valence-corrected chi connectivity index (χ2v) is 19.5. The molecule has 64 heavy (non-hydrogen) atoms. The standard InChI is InChI=1S/C58H50N2O3.Pt/c1-35-25-37(33-57(3,4)5)17-19-45(35)49-29-41-21-23-59-53(55(41)62-49)43-27-39-13-9-11-15-47(39)51(31-43)61-52-32-44(28-40-14-10-12-16-48(40)52)54-56-42(22-24-60-54)30-50(63-56)46-20-18-38(26-36(46)2)34-58(6,7)8;/h9-30H,33-34H2,1-8H3;/q-2;+2. The fourth-order valence-electron chi connectivity index (χ4n) is 8.97. The summed E-state index contributed by atoms with van der Waals surface area (Å²) < 4.78 is 20.4. The van der Waals surface area contributed by atoms with E-state index in [1.807, 2.05) is 48.8 Å². The Morgan fingerprint density at radius 1 is 0.500 bits per heavy atom. The van der Waals surface area contributed by atoms with Gasteiger partial charge in [0.2, 0.25) is 0 Å². The van der Waals surface area contributed by atoms with Gasteiger partial charge in [0, 0.05) is 45.7 Å². The summed E-state index contributed by atoms with van der Waals surface area (Å²) in [6, 6.07) is 49.5. The van der Waals surface area contributed by atoms with E-state index >= 15 is 0 Å². The zero-order valence-corrected chi connectivity index (χ0v) is 39.8. The summed E-state index contributed by atoms with van der Waals surface area (Å²) in [4.78, 5) is 9.78. The van der Waals surface area contributed by atoms with Crippen LogP contribution in [0.5, 0.6) is 11.5 Å². The van der Waals surface area contributed by atoms with Crippen LogP contribution in [-0.4, -0.2) is 9.97 Å². The van der Waals surface area contributed by atoms with E-state index in [2.05, 4.69) is 152 Å². The van der Waals surface area contributed by atoms with Gasteiger partial charge in [0.1, 0.15) is 22.7 Å². The van der Waals surface area contributed by atoms with Crippen LogP contribution < -0.4 is 4.74 Å². The molecule has 0 spiro atoms. The molecule has 0 unspecified atom stereocenters. The number of hydrogen-bond acceptors (Lipinski definition) is 5. The summed E-state index contributed by atoms with van der Waals surface area (Å²) in [5.41, 5.74) is 11.9. The third-order valence-electron chi connectivity index (χ3n) is 11.7. The maximum atomic E-state index is 7.00. The summed E-state index contributed by atoms with van der Waals surface area (Å²) in [6.45, 7) is 17.9. The van der Waals surface area contributed by atoms with Crippen molar-refractivity contribution >= 4 is 43.5 Å². The second-order valence-electron chi connectivity index (χ2n) is 19.5. The van der Waals surface area contributed by atoms with Crippen LogP contribution in [0.25, 0.3) is 88.6 Å². The molecule has 0 fully saturated rings. The molecule has 0 atom stereocenters. The van der Waals surface area contributed by atoms with E-state index in [0.717, 1.165) is 78.9 Å². The van der Waals surface area contributed by atoms with E-state index < -0.39 is 0 Å². The predicted molar refractivity (Wildman–Crippen MR) is 258 cm³/mol. The molecule has 0 amide bonds. The molecule has 4 heterocycles. The molecule has 320 valence electrons. The van der Waals surface area contributed by atoms with Crippen LogP contribution in [0.4, 0.5) is 0 Å². The predicted octanol–water partition coefficient (Wildman–Crippen LogP) is 16.1. The minimum absolute atomic E-state index is 0. The fraction of sp³-hybridized carbons (Fsp3) is 0.207. The Morgan fingerprint density at radius 2 is 0.922 bits per heavy atom. The van der Waals surface area contributed by atoms with E-state index in [-0.39, 0.29) is 31.9 Å². The van der Waals surface area contributed by atoms with Crippen molar-refractivity contribution in [2.75, 3.05) is 0 Å². The molecule has 0 N–H and O–H groups in total. The quantitative estimate of drug-likeness (QED) is 0.142. The summed E-state index contributed by atoms with van der Waals surface area (Å²) in [7, 11) is 0. The number of ether oxygens (including phenoxy) is 1. The molecule has 0 saturated heterocycles. The molecule has 10 aromatic rings. The van der Waals surface area contributed by atoms with Crippen LogP contribution in [0.2, 0.25) is 0 Å². The zero-order valence-electron chi connectivity index (χ0n) is 37.6. The minimum atomic E-state index is 0. The number of fused-ring (bicyclic) bond motifs is 4. The molecule has 6 heteroatoms. The SMILES string of the molecule is Cc1cc(CC(C)(C)C)ccc1-c1cc2ccnc(-c3[c-]c(Oc4[c-]c(-c5nccc6cc(-c7ccc(CC(C)(C)C)cc7C)oc56)cc5ccccc45)c4ccccc4c3)c2o1.[Pt+2]. The molecule has 0 bridgehead atoms. The van der Waals surface area contributed by atoms with E-state index in [9.17, 15) is 0 Å². The van der Waals surface area contributed by atoms with Gasteiger partial charge < -0.3 is 23.5 Å². The molecule has 0 aliphatic rings. The number of nitrogens with zero attached hydrogens (tertiary/aromatic N) is 2. The maximum absolute atomic E-state index is 7.00. The van der Waals surface area contributed by atoms with Gasteiger partial charge >= 0.3 is 21.1 Å². The maximum Gasteiger partial charge on any atom is 2.00 e. The summed E-state index contributed by atoms with van der Waals surface area (Å²) in [5.74, 6) is 2.75. The molecule has 0 aliphatic carbocycles. The summed E-state index contributed by atoms with van der Waals surface area (Å²) in [6.07, 6.45) is 5.69. The van der Waals surface area contributed by atoms with E-state index in [1.54, 1.807) is 0 Å². The first-order chi connectivity index (χ1) is 30.2. The van der Waals surface area contributed by atoms with Gasteiger partial charge in [-0.05, 0) is 84.0 Å². The molecule has 10 rings (SSSR count). The normalized spacial score (nSPS) is 12.1. The zero-order chi connectivity index (χ0) is 43.6. The Hall–Kier alpha value is -6.29. The number of furan rings is 2. The largest absolute Gasteiger partial charge is 2.00 e. The van der Waals surface area contributed by atoms with E-state index in [4.69, 9.17) is 23.5 Å². The molecule has 5 nitrogen and oxygen atoms in total. The number of pyridine rings is 2. The molecule has 0 saturated carbocycles. The Morgan fingerprint density at radius 3 is 1.33 bits per heavy atom. The molecular weight excluding hydrogens is 968 g/mol. The topological polar surface area (TPSA) is 61.3 Å². The van der Waals surface area contributed by atoms with Gasteiger partial charge in [-0.15, -0.1) is 23.3 Å². The van der Waals surface area contributed by atoms with Crippen LogP contribution >= 0.6 is 0 Å².